The summed E-state index contributed by atoms with van der Waals surface area (Å²) in [7, 11) is 0. The predicted molar refractivity (Wildman–Crippen MR) is 81.4 cm³/mol. The van der Waals surface area contributed by atoms with Crippen molar-refractivity contribution in [3.8, 4) is 0 Å². The molecule has 4 nitrogen and oxygen atoms in total. The number of hydrogen-bond acceptors (Lipinski definition) is 3. The highest BCUT2D eigenvalue weighted by Gasteiger charge is 2.38. The van der Waals surface area contributed by atoms with Gasteiger partial charge in [0.1, 0.15) is 6.10 Å². The molecular weight excluding hydrogens is 250 g/mol. The minimum atomic E-state index is -0.504. The SMILES string of the molecule is CC(C)n1cncc1C(O)C1(CN)CCCCCCC1. The van der Waals surface area contributed by atoms with Crippen LogP contribution >= 0.6 is 0 Å². The van der Waals surface area contributed by atoms with Gasteiger partial charge in [-0.25, -0.2) is 4.98 Å². The standard InChI is InChI=1S/C16H29N3O/c1-13(2)19-12-18-10-14(19)15(20)16(11-17)8-6-4-3-5-7-9-16/h10,12-13,15,20H,3-9,11,17H2,1-2H3. The van der Waals surface area contributed by atoms with Crippen molar-refractivity contribution in [2.24, 2.45) is 11.1 Å². The van der Waals surface area contributed by atoms with E-state index in [1.807, 2.05) is 6.33 Å². The Morgan fingerprint density at radius 2 is 1.85 bits per heavy atom. The molecule has 1 atom stereocenters. The molecule has 1 saturated carbocycles. The first-order valence-electron chi connectivity index (χ1n) is 8.00. The molecule has 4 heteroatoms. The zero-order valence-corrected chi connectivity index (χ0v) is 12.9. The van der Waals surface area contributed by atoms with Gasteiger partial charge in [-0.05, 0) is 26.7 Å². The molecule has 0 radical (unpaired) electrons. The van der Waals surface area contributed by atoms with E-state index in [4.69, 9.17) is 5.73 Å². The molecule has 1 fully saturated rings. The van der Waals surface area contributed by atoms with Gasteiger partial charge in [0.2, 0.25) is 0 Å². The predicted octanol–water partition coefficient (Wildman–Crippen LogP) is 3.19. The van der Waals surface area contributed by atoms with Crippen LogP contribution in [0.25, 0.3) is 0 Å². The fourth-order valence-electron chi connectivity index (χ4n) is 3.47. The molecular formula is C16H29N3O. The molecule has 3 N–H and O–H groups in total. The summed E-state index contributed by atoms with van der Waals surface area (Å²) < 4.78 is 2.07. The second-order valence-electron chi connectivity index (χ2n) is 6.56. The van der Waals surface area contributed by atoms with E-state index in [-0.39, 0.29) is 5.41 Å². The van der Waals surface area contributed by atoms with Crippen LogP contribution in [-0.2, 0) is 0 Å². The summed E-state index contributed by atoms with van der Waals surface area (Å²) in [6, 6.07) is 0.311. The quantitative estimate of drug-likeness (QED) is 0.889. The van der Waals surface area contributed by atoms with Gasteiger partial charge < -0.3 is 15.4 Å². The minimum Gasteiger partial charge on any atom is -0.386 e. The second-order valence-corrected chi connectivity index (χ2v) is 6.56. The van der Waals surface area contributed by atoms with Crippen LogP contribution in [0.15, 0.2) is 12.5 Å². The van der Waals surface area contributed by atoms with E-state index < -0.39 is 6.10 Å². The number of aliphatic hydroxyl groups is 1. The van der Waals surface area contributed by atoms with Crippen molar-refractivity contribution < 1.29 is 5.11 Å². The maximum Gasteiger partial charge on any atom is 0.102 e. The zero-order valence-electron chi connectivity index (χ0n) is 12.9. The first kappa shape index (κ1) is 15.5. The maximum absolute atomic E-state index is 11.0. The Morgan fingerprint density at radius 1 is 1.25 bits per heavy atom. The normalized spacial score (nSPS) is 21.4. The molecule has 114 valence electrons. The molecule has 1 aromatic rings. The van der Waals surface area contributed by atoms with Crippen LogP contribution in [0, 0.1) is 5.41 Å². The van der Waals surface area contributed by atoms with Crippen molar-refractivity contribution in [2.75, 3.05) is 6.54 Å². The molecule has 1 aromatic heterocycles. The van der Waals surface area contributed by atoms with E-state index in [0.717, 1.165) is 18.5 Å². The van der Waals surface area contributed by atoms with Gasteiger partial charge in [-0.15, -0.1) is 0 Å². The highest BCUT2D eigenvalue weighted by atomic mass is 16.3. The average Bonchev–Trinajstić information content (AvgIpc) is 2.88. The number of aromatic nitrogens is 2. The number of hydrogen-bond donors (Lipinski definition) is 2. The minimum absolute atomic E-state index is 0.174. The molecule has 1 aliphatic carbocycles. The van der Waals surface area contributed by atoms with Gasteiger partial charge >= 0.3 is 0 Å². The Kier molecular flexibility index (Phi) is 5.22. The van der Waals surface area contributed by atoms with E-state index in [0.29, 0.717) is 12.6 Å². The molecule has 20 heavy (non-hydrogen) atoms. The fourth-order valence-corrected chi connectivity index (χ4v) is 3.47. The van der Waals surface area contributed by atoms with E-state index in [9.17, 15) is 5.11 Å². The van der Waals surface area contributed by atoms with Crippen LogP contribution in [0.4, 0.5) is 0 Å². The lowest BCUT2D eigenvalue weighted by atomic mass is 9.71. The average molecular weight is 279 g/mol. The largest absolute Gasteiger partial charge is 0.386 e. The van der Waals surface area contributed by atoms with Crippen molar-refractivity contribution in [1.82, 2.24) is 9.55 Å². The first-order valence-corrected chi connectivity index (χ1v) is 8.00. The van der Waals surface area contributed by atoms with Crippen LogP contribution in [0.3, 0.4) is 0 Å². The summed E-state index contributed by atoms with van der Waals surface area (Å²) in [6.07, 6.45) is 11.3. The topological polar surface area (TPSA) is 64.1 Å². The summed E-state index contributed by atoms with van der Waals surface area (Å²) in [5.74, 6) is 0. The summed E-state index contributed by atoms with van der Waals surface area (Å²) in [5.41, 5.74) is 6.85. The number of imidazole rings is 1. The molecule has 1 aliphatic rings. The molecule has 0 aliphatic heterocycles. The van der Waals surface area contributed by atoms with Crippen LogP contribution < -0.4 is 5.73 Å². The van der Waals surface area contributed by atoms with E-state index in [1.54, 1.807) is 6.20 Å². The Bertz CT molecular complexity index is 406. The molecule has 2 rings (SSSR count). The molecule has 0 bridgehead atoms. The Hall–Kier alpha value is -0.870. The third-order valence-electron chi connectivity index (χ3n) is 4.87. The highest BCUT2D eigenvalue weighted by Crippen LogP contribution is 2.44. The smallest absolute Gasteiger partial charge is 0.102 e. The molecule has 0 aromatic carbocycles. The van der Waals surface area contributed by atoms with Crippen LogP contribution in [0.1, 0.15) is 76.6 Å². The molecule has 0 spiro atoms. The van der Waals surface area contributed by atoms with Gasteiger partial charge in [0, 0.05) is 18.0 Å². The summed E-state index contributed by atoms with van der Waals surface area (Å²) in [4.78, 5) is 4.23. The van der Waals surface area contributed by atoms with Crippen LogP contribution in [0.2, 0.25) is 0 Å². The Labute approximate surface area is 122 Å². The first-order chi connectivity index (χ1) is 9.60. The zero-order chi connectivity index (χ0) is 14.6. The van der Waals surface area contributed by atoms with Crippen LogP contribution in [0.5, 0.6) is 0 Å². The lowest BCUT2D eigenvalue weighted by Crippen LogP contribution is -2.38. The third kappa shape index (κ3) is 3.07. The second kappa shape index (κ2) is 6.72. The van der Waals surface area contributed by atoms with Crippen molar-refractivity contribution >= 4 is 0 Å². The Morgan fingerprint density at radius 3 is 2.40 bits per heavy atom. The maximum atomic E-state index is 11.0. The lowest BCUT2D eigenvalue weighted by Gasteiger charge is -2.39. The van der Waals surface area contributed by atoms with Gasteiger partial charge in [-0.1, -0.05) is 32.1 Å². The third-order valence-corrected chi connectivity index (χ3v) is 4.87. The number of nitrogens with zero attached hydrogens (tertiary/aromatic N) is 2. The monoisotopic (exact) mass is 279 g/mol. The summed E-state index contributed by atoms with van der Waals surface area (Å²) in [6.45, 7) is 4.79. The lowest BCUT2D eigenvalue weighted by molar-refractivity contribution is 0.00258. The van der Waals surface area contributed by atoms with Gasteiger partial charge in [-0.3, -0.25) is 0 Å². The van der Waals surface area contributed by atoms with Gasteiger partial charge in [-0.2, -0.15) is 0 Å². The van der Waals surface area contributed by atoms with Crippen molar-refractivity contribution in [3.05, 3.63) is 18.2 Å². The van der Waals surface area contributed by atoms with Crippen molar-refractivity contribution in [2.45, 2.75) is 70.9 Å². The number of rotatable bonds is 4. The molecule has 0 amide bonds. The molecule has 1 unspecified atom stereocenters. The highest BCUT2D eigenvalue weighted by molar-refractivity contribution is 5.09. The summed E-state index contributed by atoms with van der Waals surface area (Å²) in [5, 5.41) is 11.0. The van der Waals surface area contributed by atoms with Gasteiger partial charge in [0.15, 0.2) is 0 Å². The number of aliphatic hydroxyl groups excluding tert-OH is 1. The van der Waals surface area contributed by atoms with E-state index >= 15 is 0 Å². The van der Waals surface area contributed by atoms with Crippen molar-refractivity contribution in [3.63, 3.8) is 0 Å². The van der Waals surface area contributed by atoms with Gasteiger partial charge in [0.05, 0.1) is 18.2 Å². The van der Waals surface area contributed by atoms with Crippen molar-refractivity contribution in [1.29, 1.82) is 0 Å². The molecule has 0 saturated heterocycles. The fraction of sp³-hybridized carbons (Fsp3) is 0.812. The van der Waals surface area contributed by atoms with Gasteiger partial charge in [0.25, 0.3) is 0 Å². The number of nitrogens with two attached hydrogens (primary N) is 1. The van der Waals surface area contributed by atoms with E-state index in [1.165, 1.54) is 32.1 Å². The Balaban J connectivity index is 2.26. The van der Waals surface area contributed by atoms with E-state index in [2.05, 4.69) is 23.4 Å². The molecule has 1 heterocycles. The van der Waals surface area contributed by atoms with Crippen LogP contribution in [-0.4, -0.2) is 21.2 Å². The summed E-state index contributed by atoms with van der Waals surface area (Å²) >= 11 is 0.